The minimum absolute atomic E-state index is 0.0115. The Morgan fingerprint density at radius 1 is 1.11 bits per heavy atom. The highest BCUT2D eigenvalue weighted by atomic mass is 35.5. The van der Waals surface area contributed by atoms with E-state index in [0.717, 1.165) is 12.1 Å². The number of hydrogen-bond donors (Lipinski definition) is 2. The van der Waals surface area contributed by atoms with Crippen LogP contribution in [0.15, 0.2) is 48.7 Å². The summed E-state index contributed by atoms with van der Waals surface area (Å²) in [5.74, 6) is -3.61. The van der Waals surface area contributed by atoms with E-state index < -0.39 is 46.8 Å². The highest BCUT2D eigenvalue weighted by molar-refractivity contribution is 7.15. The first-order valence-corrected chi connectivity index (χ1v) is 12.0. The van der Waals surface area contributed by atoms with Crippen LogP contribution in [0.5, 0.6) is 0 Å². The highest BCUT2D eigenvalue weighted by Gasteiger charge is 2.37. The molecule has 1 aliphatic heterocycles. The first-order valence-electron chi connectivity index (χ1n) is 10.8. The molecular weight excluding hydrogens is 551 g/mol. The second-order valence-corrected chi connectivity index (χ2v) is 9.96. The van der Waals surface area contributed by atoms with E-state index in [1.54, 1.807) is 6.92 Å². The van der Waals surface area contributed by atoms with E-state index in [9.17, 15) is 31.5 Å². The van der Waals surface area contributed by atoms with Gasteiger partial charge in [0.1, 0.15) is 17.3 Å². The number of carbonyl (C=O) groups excluding carboxylic acids is 2. The second-order valence-electron chi connectivity index (χ2n) is 8.31. The molecular formula is C25H14ClF5N4O2S. The fourth-order valence-electron chi connectivity index (χ4n) is 4.05. The first kappa shape index (κ1) is 25.7. The van der Waals surface area contributed by atoms with Gasteiger partial charge in [-0.2, -0.15) is 13.2 Å². The number of carbonyl (C=O) groups is 2. The summed E-state index contributed by atoms with van der Waals surface area (Å²) in [4.78, 5) is 35.1. The molecule has 194 valence electrons. The van der Waals surface area contributed by atoms with Crippen LogP contribution in [0.25, 0.3) is 10.6 Å². The van der Waals surface area contributed by atoms with Crippen molar-refractivity contribution in [1.29, 1.82) is 0 Å². The Morgan fingerprint density at radius 2 is 1.87 bits per heavy atom. The Hall–Kier alpha value is -3.90. The average molecular weight is 565 g/mol. The van der Waals surface area contributed by atoms with Crippen molar-refractivity contribution in [1.82, 2.24) is 15.3 Å². The van der Waals surface area contributed by atoms with E-state index in [-0.39, 0.29) is 39.3 Å². The summed E-state index contributed by atoms with van der Waals surface area (Å²) in [6, 6.07) is 5.34. The Balaban J connectivity index is 1.65. The van der Waals surface area contributed by atoms with E-state index in [4.69, 9.17) is 11.6 Å². The zero-order chi connectivity index (χ0) is 27.4. The number of anilines is 1. The largest absolute Gasteiger partial charge is 0.416 e. The van der Waals surface area contributed by atoms with Gasteiger partial charge in [0, 0.05) is 27.9 Å². The van der Waals surface area contributed by atoms with E-state index >= 15 is 0 Å². The molecule has 0 radical (unpaired) electrons. The number of nitrogens with one attached hydrogen (secondary N) is 2. The minimum atomic E-state index is -4.89. The predicted octanol–water partition coefficient (Wildman–Crippen LogP) is 6.55. The Bertz CT molecular complexity index is 1620. The number of nitrogens with zero attached hydrogens (tertiary/aromatic N) is 2. The lowest BCUT2D eigenvalue weighted by atomic mass is 9.97. The van der Waals surface area contributed by atoms with Gasteiger partial charge in [0.25, 0.3) is 11.8 Å². The number of aryl methyl sites for hydroxylation is 1. The van der Waals surface area contributed by atoms with Gasteiger partial charge in [0.15, 0.2) is 0 Å². The molecule has 38 heavy (non-hydrogen) atoms. The van der Waals surface area contributed by atoms with Gasteiger partial charge < -0.3 is 10.6 Å². The van der Waals surface area contributed by atoms with Crippen LogP contribution in [-0.2, 0) is 6.18 Å². The fraction of sp³-hybridized carbons (Fsp3) is 0.120. The Kier molecular flexibility index (Phi) is 6.40. The van der Waals surface area contributed by atoms with Gasteiger partial charge in [0.2, 0.25) is 0 Å². The Morgan fingerprint density at radius 3 is 2.55 bits per heavy atom. The molecule has 2 aromatic carbocycles. The van der Waals surface area contributed by atoms with E-state index in [0.29, 0.717) is 22.0 Å². The summed E-state index contributed by atoms with van der Waals surface area (Å²) < 4.78 is 67.7. The molecule has 1 unspecified atom stereocenters. The number of pyridine rings is 1. The lowest BCUT2D eigenvalue weighted by Gasteiger charge is -2.18. The van der Waals surface area contributed by atoms with Crippen LogP contribution in [0.2, 0.25) is 5.02 Å². The fourth-order valence-corrected chi connectivity index (χ4v) is 5.01. The van der Waals surface area contributed by atoms with E-state index in [2.05, 4.69) is 20.6 Å². The van der Waals surface area contributed by atoms with Crippen molar-refractivity contribution in [3.63, 3.8) is 0 Å². The van der Waals surface area contributed by atoms with E-state index in [1.165, 1.54) is 29.7 Å². The summed E-state index contributed by atoms with van der Waals surface area (Å²) >= 11 is 7.53. The molecule has 0 bridgehead atoms. The number of benzene rings is 2. The molecule has 1 atom stereocenters. The maximum Gasteiger partial charge on any atom is 0.416 e. The zero-order valence-corrected chi connectivity index (χ0v) is 20.7. The van der Waals surface area contributed by atoms with Crippen molar-refractivity contribution < 1.29 is 31.5 Å². The normalized spacial score (nSPS) is 14.8. The lowest BCUT2D eigenvalue weighted by Crippen LogP contribution is -2.21. The van der Waals surface area contributed by atoms with Crippen molar-refractivity contribution in [2.24, 2.45) is 0 Å². The predicted molar refractivity (Wildman–Crippen MR) is 130 cm³/mol. The number of rotatable bonds is 4. The monoisotopic (exact) mass is 564 g/mol. The number of fused-ring (bicyclic) bond motifs is 1. The number of halogens is 6. The maximum absolute atomic E-state index is 14.1. The van der Waals surface area contributed by atoms with Crippen LogP contribution in [0.1, 0.15) is 48.6 Å². The highest BCUT2D eigenvalue weighted by Crippen LogP contribution is 2.41. The van der Waals surface area contributed by atoms with Gasteiger partial charge in [-0.05, 0) is 49.4 Å². The molecule has 3 heterocycles. The molecule has 13 heteroatoms. The molecule has 5 rings (SSSR count). The van der Waals surface area contributed by atoms with Crippen molar-refractivity contribution >= 4 is 40.4 Å². The van der Waals surface area contributed by atoms with Crippen molar-refractivity contribution in [2.75, 3.05) is 5.32 Å². The third-order valence-electron chi connectivity index (χ3n) is 5.72. The quantitative estimate of drug-likeness (QED) is 0.275. The molecule has 0 saturated carbocycles. The number of hydrogen-bond acceptors (Lipinski definition) is 5. The third kappa shape index (κ3) is 4.84. The summed E-state index contributed by atoms with van der Waals surface area (Å²) in [6.07, 6.45) is -3.38. The lowest BCUT2D eigenvalue weighted by molar-refractivity contribution is -0.137. The molecule has 2 aromatic heterocycles. The van der Waals surface area contributed by atoms with Gasteiger partial charge in [-0.3, -0.25) is 9.59 Å². The third-order valence-corrected chi connectivity index (χ3v) is 7.00. The van der Waals surface area contributed by atoms with Crippen molar-refractivity contribution in [3.05, 3.63) is 98.3 Å². The second kappa shape index (κ2) is 9.44. The van der Waals surface area contributed by atoms with Gasteiger partial charge in [0.05, 0.1) is 32.9 Å². The average Bonchev–Trinajstić information content (AvgIpc) is 3.43. The summed E-state index contributed by atoms with van der Waals surface area (Å²) in [7, 11) is 0. The molecule has 1 aliphatic rings. The SMILES string of the molecule is Cc1ncc(-c2cc(NC(=O)c3cc(F)cc(C(F)(F)F)c3)c3c(n2)C(=O)NC3c2cc(F)ccc2Cl)s1. The number of aromatic nitrogens is 2. The standard InChI is InChI=1S/C25H14ClF5N4O2S/c1-10-32-9-19(38-10)17-8-18(34-23(36)11-4-12(25(29,30)31)6-14(28)5-11)20-21(35-24(37)22(20)33-17)15-7-13(27)2-3-16(15)26/h2-9,21H,1H3,(H,35,37)(H,33,34,36). The topological polar surface area (TPSA) is 84.0 Å². The van der Waals surface area contributed by atoms with Crippen LogP contribution in [0.4, 0.5) is 27.6 Å². The van der Waals surface area contributed by atoms with Crippen LogP contribution in [0, 0.1) is 18.6 Å². The summed E-state index contributed by atoms with van der Waals surface area (Å²) in [5.41, 5.74) is -1.52. The van der Waals surface area contributed by atoms with Crippen LogP contribution >= 0.6 is 22.9 Å². The minimum Gasteiger partial charge on any atom is -0.340 e. The van der Waals surface area contributed by atoms with Crippen molar-refractivity contribution in [2.45, 2.75) is 19.1 Å². The van der Waals surface area contributed by atoms with Crippen LogP contribution in [-0.4, -0.2) is 21.8 Å². The molecule has 4 aromatic rings. The number of amides is 2. The molecule has 0 saturated heterocycles. The number of alkyl halides is 3. The van der Waals surface area contributed by atoms with Crippen LogP contribution < -0.4 is 10.6 Å². The molecule has 6 nitrogen and oxygen atoms in total. The summed E-state index contributed by atoms with van der Waals surface area (Å²) in [6.45, 7) is 1.75. The summed E-state index contributed by atoms with van der Waals surface area (Å²) in [5, 5.41) is 5.94. The number of thiazole rings is 1. The van der Waals surface area contributed by atoms with E-state index in [1.807, 2.05) is 0 Å². The van der Waals surface area contributed by atoms with Gasteiger partial charge >= 0.3 is 6.18 Å². The first-order chi connectivity index (χ1) is 17.9. The van der Waals surface area contributed by atoms with Gasteiger partial charge in [-0.25, -0.2) is 18.7 Å². The van der Waals surface area contributed by atoms with Crippen molar-refractivity contribution in [3.8, 4) is 10.6 Å². The maximum atomic E-state index is 14.1. The van der Waals surface area contributed by atoms with Gasteiger partial charge in [-0.1, -0.05) is 11.6 Å². The van der Waals surface area contributed by atoms with Crippen LogP contribution in [0.3, 0.4) is 0 Å². The molecule has 0 fully saturated rings. The molecule has 2 N–H and O–H groups in total. The molecule has 0 aliphatic carbocycles. The zero-order valence-electron chi connectivity index (χ0n) is 19.1. The smallest absolute Gasteiger partial charge is 0.340 e. The van der Waals surface area contributed by atoms with Gasteiger partial charge in [-0.15, -0.1) is 11.3 Å². The molecule has 2 amide bonds. The molecule has 0 spiro atoms. The Labute approximate surface area is 220 Å².